The molecule has 3 amide bonds. The number of hydrogen-bond donors (Lipinski definition) is 3. The van der Waals surface area contributed by atoms with Gasteiger partial charge in [-0.05, 0) is 37.0 Å². The molecule has 10 heteroatoms. The van der Waals surface area contributed by atoms with Crippen LogP contribution in [0.3, 0.4) is 0 Å². The number of rotatable bonds is 8. The number of nitrogens with zero attached hydrogens (tertiary/aromatic N) is 1. The summed E-state index contributed by atoms with van der Waals surface area (Å²) < 4.78 is 0. The lowest BCUT2D eigenvalue weighted by molar-refractivity contribution is -0.384. The second kappa shape index (κ2) is 10.7. The molecule has 2 aromatic rings. The van der Waals surface area contributed by atoms with E-state index in [-0.39, 0.29) is 28.7 Å². The van der Waals surface area contributed by atoms with Crippen molar-refractivity contribution < 1.29 is 19.3 Å². The van der Waals surface area contributed by atoms with Crippen LogP contribution in [0.25, 0.3) is 0 Å². The van der Waals surface area contributed by atoms with Crippen LogP contribution in [0.4, 0.5) is 11.4 Å². The van der Waals surface area contributed by atoms with E-state index in [0.717, 1.165) is 23.3 Å². The smallest absolute Gasteiger partial charge is 0.270 e. The summed E-state index contributed by atoms with van der Waals surface area (Å²) in [7, 11) is 0. The number of nitro benzene ring substituents is 1. The highest BCUT2D eigenvalue weighted by molar-refractivity contribution is 6.34. The number of anilines is 1. The van der Waals surface area contributed by atoms with Crippen molar-refractivity contribution in [1.29, 1.82) is 0 Å². The highest BCUT2D eigenvalue weighted by atomic mass is 35.5. The van der Waals surface area contributed by atoms with Gasteiger partial charge in [-0.3, -0.25) is 24.5 Å². The van der Waals surface area contributed by atoms with Gasteiger partial charge in [-0.1, -0.05) is 43.6 Å². The van der Waals surface area contributed by atoms with Gasteiger partial charge in [0.2, 0.25) is 11.8 Å². The molecule has 1 atom stereocenters. The van der Waals surface area contributed by atoms with Gasteiger partial charge in [-0.25, -0.2) is 0 Å². The van der Waals surface area contributed by atoms with E-state index in [1.165, 1.54) is 6.07 Å². The Hall–Kier alpha value is -3.46. The predicted octanol–water partition coefficient (Wildman–Crippen LogP) is 3.37. The van der Waals surface area contributed by atoms with E-state index < -0.39 is 28.7 Å². The van der Waals surface area contributed by atoms with E-state index in [2.05, 4.69) is 16.0 Å². The number of nitro groups is 1. The zero-order valence-electron chi connectivity index (χ0n) is 18.2. The summed E-state index contributed by atoms with van der Waals surface area (Å²) in [6.07, 6.45) is 0. The zero-order valence-corrected chi connectivity index (χ0v) is 18.9. The number of nitrogens with one attached hydrogen (secondary N) is 3. The van der Waals surface area contributed by atoms with E-state index in [0.29, 0.717) is 5.69 Å². The summed E-state index contributed by atoms with van der Waals surface area (Å²) in [5.41, 5.74) is 2.24. The third kappa shape index (κ3) is 6.27. The van der Waals surface area contributed by atoms with E-state index in [1.54, 1.807) is 13.8 Å². The second-order valence-electron chi connectivity index (χ2n) is 7.65. The Labute approximate surface area is 190 Å². The minimum absolute atomic E-state index is 0.00323. The van der Waals surface area contributed by atoms with Crippen LogP contribution < -0.4 is 16.0 Å². The van der Waals surface area contributed by atoms with Crippen LogP contribution in [0.2, 0.25) is 5.02 Å². The summed E-state index contributed by atoms with van der Waals surface area (Å²) in [6, 6.07) is 8.13. The summed E-state index contributed by atoms with van der Waals surface area (Å²) in [6.45, 7) is 6.94. The van der Waals surface area contributed by atoms with Gasteiger partial charge in [0.1, 0.15) is 6.04 Å². The van der Waals surface area contributed by atoms with Gasteiger partial charge in [-0.15, -0.1) is 0 Å². The largest absolute Gasteiger partial charge is 0.345 e. The van der Waals surface area contributed by atoms with Crippen LogP contribution in [-0.4, -0.2) is 35.2 Å². The maximum absolute atomic E-state index is 12.6. The van der Waals surface area contributed by atoms with Crippen molar-refractivity contribution in [2.24, 2.45) is 5.92 Å². The van der Waals surface area contributed by atoms with Crippen molar-refractivity contribution in [2.75, 3.05) is 11.9 Å². The molecule has 2 rings (SSSR count). The van der Waals surface area contributed by atoms with Crippen LogP contribution in [0.1, 0.15) is 35.3 Å². The van der Waals surface area contributed by atoms with E-state index >= 15 is 0 Å². The molecule has 32 heavy (non-hydrogen) atoms. The lowest BCUT2D eigenvalue weighted by Crippen LogP contribution is -2.51. The summed E-state index contributed by atoms with van der Waals surface area (Å²) in [4.78, 5) is 47.7. The number of amides is 3. The Morgan fingerprint density at radius 2 is 1.72 bits per heavy atom. The Morgan fingerprint density at radius 1 is 1.09 bits per heavy atom. The molecule has 0 aromatic heterocycles. The van der Waals surface area contributed by atoms with Crippen LogP contribution in [0.5, 0.6) is 0 Å². The minimum Gasteiger partial charge on any atom is -0.345 e. The molecule has 0 aliphatic carbocycles. The van der Waals surface area contributed by atoms with E-state index in [4.69, 9.17) is 11.6 Å². The van der Waals surface area contributed by atoms with Crippen molar-refractivity contribution >= 4 is 40.7 Å². The third-order valence-electron chi connectivity index (χ3n) is 4.81. The van der Waals surface area contributed by atoms with Gasteiger partial charge < -0.3 is 16.0 Å². The number of carbonyl (C=O) groups is 3. The predicted molar refractivity (Wildman–Crippen MR) is 122 cm³/mol. The third-order valence-corrected chi connectivity index (χ3v) is 5.13. The van der Waals surface area contributed by atoms with Gasteiger partial charge in [0.05, 0.1) is 22.1 Å². The Morgan fingerprint density at radius 3 is 2.25 bits per heavy atom. The van der Waals surface area contributed by atoms with Gasteiger partial charge in [0, 0.05) is 17.8 Å². The first kappa shape index (κ1) is 24.8. The summed E-state index contributed by atoms with van der Waals surface area (Å²) >= 11 is 6.00. The van der Waals surface area contributed by atoms with Crippen molar-refractivity contribution in [3.8, 4) is 0 Å². The molecular formula is C22H25ClN4O5. The number of aryl methyl sites for hydroxylation is 2. The fourth-order valence-corrected chi connectivity index (χ4v) is 3.29. The van der Waals surface area contributed by atoms with Crippen LogP contribution in [0, 0.1) is 29.9 Å². The molecule has 0 radical (unpaired) electrons. The molecule has 0 aliphatic rings. The molecule has 0 bridgehead atoms. The fourth-order valence-electron chi connectivity index (χ4n) is 3.03. The molecular weight excluding hydrogens is 436 g/mol. The van der Waals surface area contributed by atoms with Crippen LogP contribution in [-0.2, 0) is 9.59 Å². The average molecular weight is 461 g/mol. The maximum atomic E-state index is 12.6. The highest BCUT2D eigenvalue weighted by Gasteiger charge is 2.26. The number of benzene rings is 2. The molecule has 0 saturated carbocycles. The second-order valence-corrected chi connectivity index (χ2v) is 8.06. The van der Waals surface area contributed by atoms with Crippen molar-refractivity contribution in [3.05, 3.63) is 68.2 Å². The highest BCUT2D eigenvalue weighted by Crippen LogP contribution is 2.23. The molecule has 3 N–H and O–H groups in total. The molecule has 0 heterocycles. The fraction of sp³-hybridized carbons (Fsp3) is 0.318. The first-order valence-corrected chi connectivity index (χ1v) is 10.3. The number of halogens is 1. The Balaban J connectivity index is 2.02. The molecule has 0 aliphatic heterocycles. The SMILES string of the molecule is Cc1cccc(C)c1NC(=O)CNC(=O)[C@@H](NC(=O)c1ccc([N+](=O)[O-])cc1Cl)C(C)C. The van der Waals surface area contributed by atoms with Gasteiger partial charge in [0.15, 0.2) is 0 Å². The summed E-state index contributed by atoms with van der Waals surface area (Å²) in [5.74, 6) is -1.89. The first-order chi connectivity index (χ1) is 15.0. The molecule has 2 aromatic carbocycles. The Bertz CT molecular complexity index is 1030. The monoisotopic (exact) mass is 460 g/mol. The number of hydrogen-bond acceptors (Lipinski definition) is 5. The molecule has 9 nitrogen and oxygen atoms in total. The van der Waals surface area contributed by atoms with E-state index in [1.807, 2.05) is 32.0 Å². The first-order valence-electron chi connectivity index (χ1n) is 9.89. The molecule has 170 valence electrons. The molecule has 0 saturated heterocycles. The lowest BCUT2D eigenvalue weighted by Gasteiger charge is -2.22. The average Bonchev–Trinajstić information content (AvgIpc) is 2.72. The standard InChI is InChI=1S/C22H25ClN4O5/c1-12(2)19(26-21(29)16-9-8-15(27(31)32)10-17(16)23)22(30)24-11-18(28)25-20-13(3)6-5-7-14(20)4/h5-10,12,19H,11H2,1-4H3,(H,24,30)(H,25,28)(H,26,29)/t19-/m0/s1. The maximum Gasteiger partial charge on any atom is 0.270 e. The van der Waals surface area contributed by atoms with Gasteiger partial charge in [0.25, 0.3) is 11.6 Å². The van der Waals surface area contributed by atoms with Crippen LogP contribution in [0.15, 0.2) is 36.4 Å². The van der Waals surface area contributed by atoms with Gasteiger partial charge in [-0.2, -0.15) is 0 Å². The zero-order chi connectivity index (χ0) is 24.0. The topological polar surface area (TPSA) is 130 Å². The Kier molecular flexibility index (Phi) is 8.31. The van der Waals surface area contributed by atoms with Crippen LogP contribution >= 0.6 is 11.6 Å². The lowest BCUT2D eigenvalue weighted by atomic mass is 10.0. The van der Waals surface area contributed by atoms with Crippen molar-refractivity contribution in [2.45, 2.75) is 33.7 Å². The number of para-hydroxylation sites is 1. The molecule has 0 unspecified atom stereocenters. The van der Waals surface area contributed by atoms with E-state index in [9.17, 15) is 24.5 Å². The van der Waals surface area contributed by atoms with Gasteiger partial charge >= 0.3 is 0 Å². The van der Waals surface area contributed by atoms with Crippen molar-refractivity contribution in [3.63, 3.8) is 0 Å². The van der Waals surface area contributed by atoms with Crippen molar-refractivity contribution in [1.82, 2.24) is 10.6 Å². The quantitative estimate of drug-likeness (QED) is 0.410. The number of non-ortho nitro benzene ring substituents is 1. The molecule has 0 fully saturated rings. The normalized spacial score (nSPS) is 11.6. The minimum atomic E-state index is -0.943. The molecule has 0 spiro atoms. The summed E-state index contributed by atoms with van der Waals surface area (Å²) in [5, 5.41) is 18.6. The number of carbonyl (C=O) groups excluding carboxylic acids is 3.